The van der Waals surface area contributed by atoms with Crippen molar-refractivity contribution in [3.63, 3.8) is 0 Å². The molecule has 9 nitrogen and oxygen atoms in total. The number of aromatic nitrogens is 4. The Labute approximate surface area is 171 Å². The van der Waals surface area contributed by atoms with Crippen LogP contribution in [0.25, 0.3) is 22.4 Å². The first kappa shape index (κ1) is 18.2. The van der Waals surface area contributed by atoms with Crippen molar-refractivity contribution in [3.05, 3.63) is 70.9 Å². The standard InChI is InChI=1S/C21H18N6O3/c28-27(29)17-6-7-18(19-15(17)4-3-11-23-19)26-12-8-14(9-13-26)21-24-20(25-30-21)16-5-1-2-10-22-16/h1-7,10-11,14H,8-9,12-13H2. The molecule has 0 radical (unpaired) electrons. The summed E-state index contributed by atoms with van der Waals surface area (Å²) in [6, 6.07) is 12.4. The number of hydrogen-bond donors (Lipinski definition) is 0. The number of nitro groups is 1. The lowest BCUT2D eigenvalue weighted by Crippen LogP contribution is -2.33. The summed E-state index contributed by atoms with van der Waals surface area (Å²) in [5.41, 5.74) is 2.33. The second-order valence-electron chi connectivity index (χ2n) is 7.19. The summed E-state index contributed by atoms with van der Waals surface area (Å²) in [5, 5.41) is 16.0. The Bertz CT molecular complexity index is 1200. The summed E-state index contributed by atoms with van der Waals surface area (Å²) in [6.45, 7) is 1.55. The SMILES string of the molecule is O=[N+]([O-])c1ccc(N2CCC(c3nc(-c4ccccn4)no3)CC2)c2ncccc12. The zero-order valence-corrected chi connectivity index (χ0v) is 16.0. The maximum absolute atomic E-state index is 11.3. The number of benzene rings is 1. The van der Waals surface area contributed by atoms with Crippen LogP contribution in [0.3, 0.4) is 0 Å². The molecule has 1 aromatic carbocycles. The number of non-ortho nitro benzene ring substituents is 1. The van der Waals surface area contributed by atoms with Gasteiger partial charge in [-0.25, -0.2) is 0 Å². The van der Waals surface area contributed by atoms with Crippen LogP contribution in [0.15, 0.2) is 59.4 Å². The van der Waals surface area contributed by atoms with Crippen molar-refractivity contribution in [2.75, 3.05) is 18.0 Å². The van der Waals surface area contributed by atoms with Crippen LogP contribution < -0.4 is 4.90 Å². The van der Waals surface area contributed by atoms with Crippen molar-refractivity contribution >= 4 is 22.3 Å². The van der Waals surface area contributed by atoms with Gasteiger partial charge in [0.05, 0.1) is 16.0 Å². The van der Waals surface area contributed by atoms with Crippen molar-refractivity contribution in [1.82, 2.24) is 20.1 Å². The normalized spacial score (nSPS) is 14.9. The van der Waals surface area contributed by atoms with E-state index in [-0.39, 0.29) is 16.5 Å². The van der Waals surface area contributed by atoms with Gasteiger partial charge < -0.3 is 9.42 Å². The van der Waals surface area contributed by atoms with Gasteiger partial charge in [-0.05, 0) is 43.2 Å². The lowest BCUT2D eigenvalue weighted by Gasteiger charge is -2.32. The summed E-state index contributed by atoms with van der Waals surface area (Å²) in [5.74, 6) is 1.30. The van der Waals surface area contributed by atoms with Crippen LogP contribution in [0.1, 0.15) is 24.7 Å². The molecular formula is C21H18N6O3. The van der Waals surface area contributed by atoms with E-state index >= 15 is 0 Å². The fourth-order valence-corrected chi connectivity index (χ4v) is 3.92. The molecular weight excluding hydrogens is 384 g/mol. The number of anilines is 1. The molecule has 4 aromatic rings. The van der Waals surface area contributed by atoms with E-state index < -0.39 is 0 Å². The zero-order valence-electron chi connectivity index (χ0n) is 16.0. The third-order valence-corrected chi connectivity index (χ3v) is 5.44. The number of hydrogen-bond acceptors (Lipinski definition) is 8. The van der Waals surface area contributed by atoms with E-state index in [0.717, 1.165) is 31.6 Å². The third-order valence-electron chi connectivity index (χ3n) is 5.44. The molecule has 4 heterocycles. The van der Waals surface area contributed by atoms with E-state index in [0.29, 0.717) is 28.3 Å². The van der Waals surface area contributed by atoms with Gasteiger partial charge in [0.1, 0.15) is 11.2 Å². The van der Waals surface area contributed by atoms with E-state index in [2.05, 4.69) is 25.0 Å². The summed E-state index contributed by atoms with van der Waals surface area (Å²) in [4.78, 5) is 26.4. The highest BCUT2D eigenvalue weighted by atomic mass is 16.6. The molecule has 1 saturated heterocycles. The van der Waals surface area contributed by atoms with Crippen LogP contribution in [0.2, 0.25) is 0 Å². The van der Waals surface area contributed by atoms with E-state index in [1.54, 1.807) is 36.7 Å². The second kappa shape index (κ2) is 7.51. The zero-order chi connectivity index (χ0) is 20.5. The van der Waals surface area contributed by atoms with Crippen LogP contribution in [0, 0.1) is 10.1 Å². The number of rotatable bonds is 4. The minimum Gasteiger partial charge on any atom is -0.370 e. The van der Waals surface area contributed by atoms with Gasteiger partial charge in [0.25, 0.3) is 5.69 Å². The summed E-state index contributed by atoms with van der Waals surface area (Å²) >= 11 is 0. The molecule has 1 aliphatic rings. The Morgan fingerprint density at radius 1 is 1.03 bits per heavy atom. The predicted octanol–water partition coefficient (Wildman–Crippen LogP) is 3.97. The monoisotopic (exact) mass is 402 g/mol. The molecule has 150 valence electrons. The number of pyridine rings is 2. The molecule has 0 atom stereocenters. The van der Waals surface area contributed by atoms with E-state index in [4.69, 9.17) is 4.52 Å². The van der Waals surface area contributed by atoms with Crippen molar-refractivity contribution in [1.29, 1.82) is 0 Å². The molecule has 30 heavy (non-hydrogen) atoms. The van der Waals surface area contributed by atoms with Gasteiger partial charge >= 0.3 is 0 Å². The summed E-state index contributed by atoms with van der Waals surface area (Å²) in [6.07, 6.45) is 5.05. The fraction of sp³-hybridized carbons (Fsp3) is 0.238. The Kier molecular flexibility index (Phi) is 4.55. The lowest BCUT2D eigenvalue weighted by molar-refractivity contribution is -0.383. The minimum absolute atomic E-state index is 0.0737. The number of piperidine rings is 1. The summed E-state index contributed by atoms with van der Waals surface area (Å²) < 4.78 is 5.50. The van der Waals surface area contributed by atoms with Crippen LogP contribution in [0.5, 0.6) is 0 Å². The average Bonchev–Trinajstić information content (AvgIpc) is 3.29. The van der Waals surface area contributed by atoms with Gasteiger partial charge in [0, 0.05) is 37.5 Å². The molecule has 3 aromatic heterocycles. The van der Waals surface area contributed by atoms with Gasteiger partial charge in [-0.15, -0.1) is 0 Å². The molecule has 9 heteroatoms. The van der Waals surface area contributed by atoms with Gasteiger partial charge in [-0.3, -0.25) is 20.1 Å². The molecule has 1 fully saturated rings. The number of nitro benzene ring substituents is 1. The van der Waals surface area contributed by atoms with Gasteiger partial charge in [-0.2, -0.15) is 4.98 Å². The smallest absolute Gasteiger partial charge is 0.278 e. The molecule has 0 saturated carbocycles. The Balaban J connectivity index is 1.35. The molecule has 0 N–H and O–H groups in total. The van der Waals surface area contributed by atoms with Crippen molar-refractivity contribution in [2.24, 2.45) is 0 Å². The first-order valence-corrected chi connectivity index (χ1v) is 9.73. The highest BCUT2D eigenvalue weighted by Gasteiger charge is 2.27. The van der Waals surface area contributed by atoms with Crippen molar-refractivity contribution in [2.45, 2.75) is 18.8 Å². The third kappa shape index (κ3) is 3.24. The molecule has 1 aliphatic heterocycles. The molecule has 0 bridgehead atoms. The van der Waals surface area contributed by atoms with E-state index in [1.165, 1.54) is 0 Å². The fourth-order valence-electron chi connectivity index (χ4n) is 3.92. The highest BCUT2D eigenvalue weighted by Crippen LogP contribution is 2.36. The Hall–Kier alpha value is -3.88. The average molecular weight is 402 g/mol. The lowest BCUT2D eigenvalue weighted by atomic mass is 9.96. The number of nitrogens with zero attached hydrogens (tertiary/aromatic N) is 6. The van der Waals surface area contributed by atoms with Crippen LogP contribution in [-0.2, 0) is 0 Å². The van der Waals surface area contributed by atoms with Gasteiger partial charge in [0.15, 0.2) is 0 Å². The van der Waals surface area contributed by atoms with Crippen LogP contribution in [-0.4, -0.2) is 38.1 Å². The number of fused-ring (bicyclic) bond motifs is 1. The molecule has 5 rings (SSSR count). The van der Waals surface area contributed by atoms with Crippen LogP contribution in [0.4, 0.5) is 11.4 Å². The molecule has 0 spiro atoms. The highest BCUT2D eigenvalue weighted by molar-refractivity contribution is 5.97. The van der Waals surface area contributed by atoms with Crippen LogP contribution >= 0.6 is 0 Å². The molecule has 0 aliphatic carbocycles. The predicted molar refractivity (Wildman–Crippen MR) is 110 cm³/mol. The topological polar surface area (TPSA) is 111 Å². The first-order chi connectivity index (χ1) is 14.7. The van der Waals surface area contributed by atoms with Gasteiger partial charge in [-0.1, -0.05) is 11.2 Å². The minimum atomic E-state index is -0.366. The molecule has 0 amide bonds. The maximum Gasteiger partial charge on any atom is 0.278 e. The Morgan fingerprint density at radius 2 is 1.87 bits per heavy atom. The maximum atomic E-state index is 11.3. The Morgan fingerprint density at radius 3 is 2.63 bits per heavy atom. The summed E-state index contributed by atoms with van der Waals surface area (Å²) in [7, 11) is 0. The van der Waals surface area contributed by atoms with Gasteiger partial charge in [0.2, 0.25) is 11.7 Å². The van der Waals surface area contributed by atoms with E-state index in [9.17, 15) is 10.1 Å². The second-order valence-corrected chi connectivity index (χ2v) is 7.19. The molecule has 0 unspecified atom stereocenters. The largest absolute Gasteiger partial charge is 0.370 e. The quantitative estimate of drug-likeness (QED) is 0.372. The van der Waals surface area contributed by atoms with Crippen molar-refractivity contribution in [3.8, 4) is 11.5 Å². The van der Waals surface area contributed by atoms with E-state index in [1.807, 2.05) is 18.2 Å². The van der Waals surface area contributed by atoms with Crippen molar-refractivity contribution < 1.29 is 9.45 Å². The first-order valence-electron chi connectivity index (χ1n) is 9.73.